The Morgan fingerprint density at radius 3 is 2.32 bits per heavy atom. The quantitative estimate of drug-likeness (QED) is 0.272. The van der Waals surface area contributed by atoms with Crippen molar-refractivity contribution >= 4 is 23.5 Å². The number of hydrogen-bond acceptors (Lipinski definition) is 4. The summed E-state index contributed by atoms with van der Waals surface area (Å²) in [5.74, 6) is 0.106. The van der Waals surface area contributed by atoms with Gasteiger partial charge < -0.3 is 9.47 Å². The maximum absolute atomic E-state index is 11.8. The normalized spacial score (nSPS) is 10.5. The lowest BCUT2D eigenvalue weighted by molar-refractivity contribution is -0.143. The van der Waals surface area contributed by atoms with Crippen LogP contribution in [0.2, 0.25) is 5.02 Å². The molecule has 0 N–H and O–H groups in total. The number of hydrogen-bond donors (Lipinski definition) is 0. The lowest BCUT2D eigenvalue weighted by atomic mass is 10.1. The SMILES string of the molecule is CCCCCCOC(=O)CCCCCC(=O)Oc1ccc(Cl)c(C)c1. The molecule has 0 radical (unpaired) electrons. The smallest absolute Gasteiger partial charge is 0.311 e. The van der Waals surface area contributed by atoms with E-state index in [1.165, 1.54) is 12.8 Å². The molecule has 0 aromatic heterocycles. The summed E-state index contributed by atoms with van der Waals surface area (Å²) >= 11 is 5.94. The first-order valence-corrected chi connectivity index (χ1v) is 9.53. The predicted molar refractivity (Wildman–Crippen MR) is 100 cm³/mol. The Labute approximate surface area is 155 Å². The number of rotatable bonds is 12. The Morgan fingerprint density at radius 2 is 1.64 bits per heavy atom. The van der Waals surface area contributed by atoms with Gasteiger partial charge in [0.1, 0.15) is 5.75 Å². The molecule has 0 heterocycles. The van der Waals surface area contributed by atoms with E-state index in [2.05, 4.69) is 6.92 Å². The molecule has 0 fully saturated rings. The molecule has 1 aromatic rings. The molecule has 0 amide bonds. The number of ether oxygens (including phenoxy) is 2. The zero-order valence-corrected chi connectivity index (χ0v) is 16.1. The highest BCUT2D eigenvalue weighted by Crippen LogP contribution is 2.21. The Bertz CT molecular complexity index is 542. The Hall–Kier alpha value is -1.55. The van der Waals surface area contributed by atoms with Crippen molar-refractivity contribution < 1.29 is 19.1 Å². The number of carbonyl (C=O) groups is 2. The predicted octanol–water partition coefficient (Wildman–Crippen LogP) is 5.63. The number of unbranched alkanes of at least 4 members (excludes halogenated alkanes) is 5. The number of aryl methyl sites for hydroxylation is 1. The molecule has 0 aliphatic carbocycles. The van der Waals surface area contributed by atoms with E-state index in [0.717, 1.165) is 31.2 Å². The number of carbonyl (C=O) groups excluding carboxylic acids is 2. The van der Waals surface area contributed by atoms with Gasteiger partial charge in [-0.2, -0.15) is 0 Å². The first-order valence-electron chi connectivity index (χ1n) is 9.15. The van der Waals surface area contributed by atoms with Crippen LogP contribution in [0.5, 0.6) is 5.75 Å². The average Bonchev–Trinajstić information content (AvgIpc) is 2.57. The van der Waals surface area contributed by atoms with E-state index >= 15 is 0 Å². The summed E-state index contributed by atoms with van der Waals surface area (Å²) in [5.41, 5.74) is 0.875. The van der Waals surface area contributed by atoms with Gasteiger partial charge >= 0.3 is 11.9 Å². The van der Waals surface area contributed by atoms with Crippen LogP contribution in [0.25, 0.3) is 0 Å². The van der Waals surface area contributed by atoms with E-state index in [1.54, 1.807) is 18.2 Å². The summed E-state index contributed by atoms with van der Waals surface area (Å²) in [6.45, 7) is 4.53. The van der Waals surface area contributed by atoms with Gasteiger partial charge in [-0.25, -0.2) is 0 Å². The van der Waals surface area contributed by atoms with Gasteiger partial charge in [0.05, 0.1) is 6.61 Å². The van der Waals surface area contributed by atoms with Crippen molar-refractivity contribution in [2.24, 2.45) is 0 Å². The van der Waals surface area contributed by atoms with Crippen LogP contribution in [0.1, 0.15) is 70.3 Å². The van der Waals surface area contributed by atoms with Crippen molar-refractivity contribution in [3.05, 3.63) is 28.8 Å². The molecule has 0 saturated heterocycles. The van der Waals surface area contributed by atoms with Gasteiger partial charge in [0.2, 0.25) is 0 Å². The molecule has 0 bridgehead atoms. The summed E-state index contributed by atoms with van der Waals surface area (Å²) in [7, 11) is 0. The van der Waals surface area contributed by atoms with Gasteiger partial charge in [-0.05, 0) is 49.9 Å². The van der Waals surface area contributed by atoms with Gasteiger partial charge in [0.25, 0.3) is 0 Å². The molecule has 1 aromatic carbocycles. The Morgan fingerprint density at radius 1 is 0.960 bits per heavy atom. The van der Waals surface area contributed by atoms with Crippen molar-refractivity contribution in [1.82, 2.24) is 0 Å². The Kier molecular flexibility index (Phi) is 11.0. The molecule has 0 atom stereocenters. The number of benzene rings is 1. The molecule has 0 unspecified atom stereocenters. The molecular weight excluding hydrogens is 340 g/mol. The van der Waals surface area contributed by atoms with Crippen LogP contribution in [0.4, 0.5) is 0 Å². The third-order valence-corrected chi connectivity index (χ3v) is 4.31. The molecule has 5 heteroatoms. The second-order valence-electron chi connectivity index (χ2n) is 6.23. The van der Waals surface area contributed by atoms with Crippen LogP contribution in [0, 0.1) is 6.92 Å². The van der Waals surface area contributed by atoms with E-state index in [0.29, 0.717) is 36.6 Å². The first-order chi connectivity index (χ1) is 12.0. The molecule has 0 aliphatic rings. The van der Waals surface area contributed by atoms with Crippen LogP contribution >= 0.6 is 11.6 Å². The minimum absolute atomic E-state index is 0.143. The Balaban J connectivity index is 2.05. The van der Waals surface area contributed by atoms with Crippen molar-refractivity contribution in [3.8, 4) is 5.75 Å². The molecule has 1 rings (SSSR count). The number of esters is 2. The molecule has 25 heavy (non-hydrogen) atoms. The summed E-state index contributed by atoms with van der Waals surface area (Å²) < 4.78 is 10.4. The van der Waals surface area contributed by atoms with Crippen LogP contribution in [-0.4, -0.2) is 18.5 Å². The number of halogens is 1. The van der Waals surface area contributed by atoms with Crippen molar-refractivity contribution in [2.45, 2.75) is 71.6 Å². The molecule has 140 valence electrons. The highest BCUT2D eigenvalue weighted by atomic mass is 35.5. The minimum Gasteiger partial charge on any atom is -0.466 e. The third-order valence-electron chi connectivity index (χ3n) is 3.88. The first kappa shape index (κ1) is 21.5. The third kappa shape index (κ3) is 10.1. The summed E-state index contributed by atoms with van der Waals surface area (Å²) in [6.07, 6.45) is 7.41. The van der Waals surface area contributed by atoms with Crippen LogP contribution in [0.15, 0.2) is 18.2 Å². The van der Waals surface area contributed by atoms with Crippen LogP contribution < -0.4 is 4.74 Å². The minimum atomic E-state index is -0.264. The zero-order chi connectivity index (χ0) is 18.5. The van der Waals surface area contributed by atoms with Crippen molar-refractivity contribution in [2.75, 3.05) is 6.61 Å². The highest BCUT2D eigenvalue weighted by molar-refractivity contribution is 6.31. The van der Waals surface area contributed by atoms with E-state index in [9.17, 15) is 9.59 Å². The molecule has 0 aliphatic heterocycles. The summed E-state index contributed by atoms with van der Waals surface area (Å²) in [4.78, 5) is 23.3. The standard InChI is InChI=1S/C20H29ClO4/c1-3-4-5-9-14-24-19(22)10-7-6-8-11-20(23)25-17-12-13-18(21)16(2)15-17/h12-13,15H,3-11,14H2,1-2H3. The summed E-state index contributed by atoms with van der Waals surface area (Å²) in [5, 5.41) is 0.650. The van der Waals surface area contributed by atoms with E-state index in [-0.39, 0.29) is 11.9 Å². The van der Waals surface area contributed by atoms with Gasteiger partial charge in [-0.3, -0.25) is 9.59 Å². The highest BCUT2D eigenvalue weighted by Gasteiger charge is 2.07. The van der Waals surface area contributed by atoms with E-state index in [1.807, 2.05) is 6.92 Å². The largest absolute Gasteiger partial charge is 0.466 e. The van der Waals surface area contributed by atoms with Gasteiger partial charge in [-0.1, -0.05) is 44.2 Å². The fraction of sp³-hybridized carbons (Fsp3) is 0.600. The summed E-state index contributed by atoms with van der Waals surface area (Å²) in [6, 6.07) is 5.15. The second kappa shape index (κ2) is 12.8. The lowest BCUT2D eigenvalue weighted by Crippen LogP contribution is -2.08. The molecule has 0 saturated carbocycles. The van der Waals surface area contributed by atoms with E-state index < -0.39 is 0 Å². The fourth-order valence-corrected chi connectivity index (χ4v) is 2.48. The fourth-order valence-electron chi connectivity index (χ4n) is 2.37. The topological polar surface area (TPSA) is 52.6 Å². The van der Waals surface area contributed by atoms with Gasteiger partial charge in [-0.15, -0.1) is 0 Å². The molecule has 4 nitrogen and oxygen atoms in total. The van der Waals surface area contributed by atoms with E-state index in [4.69, 9.17) is 21.1 Å². The van der Waals surface area contributed by atoms with Gasteiger partial charge in [0.15, 0.2) is 0 Å². The zero-order valence-electron chi connectivity index (χ0n) is 15.3. The molecular formula is C20H29ClO4. The lowest BCUT2D eigenvalue weighted by Gasteiger charge is -2.06. The van der Waals surface area contributed by atoms with Gasteiger partial charge in [0, 0.05) is 17.9 Å². The van der Waals surface area contributed by atoms with Crippen molar-refractivity contribution in [1.29, 1.82) is 0 Å². The molecule has 0 spiro atoms. The van der Waals surface area contributed by atoms with Crippen molar-refractivity contribution in [3.63, 3.8) is 0 Å². The maximum Gasteiger partial charge on any atom is 0.311 e. The monoisotopic (exact) mass is 368 g/mol. The maximum atomic E-state index is 11.8. The van der Waals surface area contributed by atoms with Crippen LogP contribution in [-0.2, 0) is 14.3 Å². The average molecular weight is 369 g/mol. The second-order valence-corrected chi connectivity index (χ2v) is 6.63. The van der Waals surface area contributed by atoms with Crippen LogP contribution in [0.3, 0.4) is 0 Å².